The van der Waals surface area contributed by atoms with Crippen LogP contribution in [0.2, 0.25) is 0 Å². The third-order valence-corrected chi connectivity index (χ3v) is 2.80. The maximum atomic E-state index is 13.4. The molecule has 0 amide bonds. The number of rotatable bonds is 3. The average molecular weight is 338 g/mol. The van der Waals surface area contributed by atoms with Crippen LogP contribution in [0.5, 0.6) is 0 Å². The number of carbonyl (C=O) groups is 1. The zero-order chi connectivity index (χ0) is 17.3. The molecule has 0 bridgehead atoms. The molecule has 0 heterocycles. The van der Waals surface area contributed by atoms with Crippen LogP contribution in [0.1, 0.15) is 15.9 Å². The minimum absolute atomic E-state index is 0.455. The molecule has 0 saturated heterocycles. The Morgan fingerprint density at radius 1 is 0.826 bits per heavy atom. The minimum Gasteiger partial charge on any atom is -0.457 e. The molecule has 0 saturated carbocycles. The molecule has 0 fully saturated rings. The number of hydrogen-bond acceptors (Lipinski definition) is 2. The standard InChI is InChI=1S/C14H5F7O2/c15-5-1-2-8(16)6(3-5)14(22)23-4-7-9(17)11(19)13(21)12(20)10(7)18/h1-3H,4H2. The van der Waals surface area contributed by atoms with Gasteiger partial charge in [0.15, 0.2) is 23.3 Å². The van der Waals surface area contributed by atoms with E-state index in [-0.39, 0.29) is 0 Å². The molecule has 2 rings (SSSR count). The lowest BCUT2D eigenvalue weighted by Gasteiger charge is -2.09. The summed E-state index contributed by atoms with van der Waals surface area (Å²) in [5.74, 6) is -14.9. The molecule has 0 aromatic heterocycles. The maximum absolute atomic E-state index is 13.4. The topological polar surface area (TPSA) is 26.3 Å². The van der Waals surface area contributed by atoms with Gasteiger partial charge in [0.2, 0.25) is 5.82 Å². The van der Waals surface area contributed by atoms with E-state index < -0.39 is 64.4 Å². The first-order valence-corrected chi connectivity index (χ1v) is 5.86. The Morgan fingerprint density at radius 2 is 1.35 bits per heavy atom. The van der Waals surface area contributed by atoms with Crippen molar-refractivity contribution in [1.82, 2.24) is 0 Å². The van der Waals surface area contributed by atoms with Crippen molar-refractivity contribution in [2.75, 3.05) is 0 Å². The lowest BCUT2D eigenvalue weighted by Crippen LogP contribution is -2.13. The Morgan fingerprint density at radius 3 is 1.91 bits per heavy atom. The molecule has 2 nitrogen and oxygen atoms in total. The van der Waals surface area contributed by atoms with Crippen LogP contribution in [-0.4, -0.2) is 5.97 Å². The van der Waals surface area contributed by atoms with E-state index in [0.717, 1.165) is 0 Å². The van der Waals surface area contributed by atoms with E-state index in [1.807, 2.05) is 0 Å². The SMILES string of the molecule is O=C(OCc1c(F)c(F)c(F)c(F)c1F)c1cc(F)ccc1F. The first-order chi connectivity index (χ1) is 10.7. The highest BCUT2D eigenvalue weighted by Crippen LogP contribution is 2.24. The quantitative estimate of drug-likeness (QED) is 0.366. The molecule has 0 aliphatic heterocycles. The number of halogens is 7. The molecule has 0 radical (unpaired) electrons. The number of hydrogen-bond donors (Lipinski definition) is 0. The second-order valence-corrected chi connectivity index (χ2v) is 4.25. The number of ether oxygens (including phenoxy) is 1. The van der Waals surface area contributed by atoms with E-state index in [2.05, 4.69) is 4.74 Å². The lowest BCUT2D eigenvalue weighted by molar-refractivity contribution is 0.0456. The van der Waals surface area contributed by atoms with E-state index >= 15 is 0 Å². The zero-order valence-electron chi connectivity index (χ0n) is 10.9. The van der Waals surface area contributed by atoms with Gasteiger partial charge < -0.3 is 4.74 Å². The summed E-state index contributed by atoms with van der Waals surface area (Å²) < 4.78 is 95.9. The van der Waals surface area contributed by atoms with Gasteiger partial charge in [0.25, 0.3) is 0 Å². The summed E-state index contributed by atoms with van der Waals surface area (Å²) in [5, 5.41) is 0. The van der Waals surface area contributed by atoms with Crippen LogP contribution in [0.15, 0.2) is 18.2 Å². The van der Waals surface area contributed by atoms with Crippen molar-refractivity contribution < 1.29 is 40.3 Å². The van der Waals surface area contributed by atoms with E-state index in [1.165, 1.54) is 0 Å². The van der Waals surface area contributed by atoms with Crippen LogP contribution in [0.4, 0.5) is 30.7 Å². The summed E-state index contributed by atoms with van der Waals surface area (Å²) >= 11 is 0. The summed E-state index contributed by atoms with van der Waals surface area (Å²) in [5.41, 5.74) is -2.31. The monoisotopic (exact) mass is 338 g/mol. The molecule has 0 aliphatic rings. The Kier molecular flexibility index (Phi) is 4.57. The Labute approximate surface area is 124 Å². The minimum atomic E-state index is -2.37. The fourth-order valence-electron chi connectivity index (χ4n) is 1.65. The summed E-state index contributed by atoms with van der Waals surface area (Å²) in [6.45, 7) is -1.36. The van der Waals surface area contributed by atoms with E-state index in [9.17, 15) is 35.5 Å². The van der Waals surface area contributed by atoms with Crippen LogP contribution in [0.3, 0.4) is 0 Å². The molecule has 2 aromatic carbocycles. The largest absolute Gasteiger partial charge is 0.457 e. The lowest BCUT2D eigenvalue weighted by atomic mass is 10.1. The summed E-state index contributed by atoms with van der Waals surface area (Å²) in [4.78, 5) is 11.5. The summed E-state index contributed by atoms with van der Waals surface area (Å²) in [6.07, 6.45) is 0. The fourth-order valence-corrected chi connectivity index (χ4v) is 1.65. The van der Waals surface area contributed by atoms with Gasteiger partial charge in [-0.1, -0.05) is 0 Å². The van der Waals surface area contributed by atoms with Gasteiger partial charge in [0.1, 0.15) is 18.2 Å². The highest BCUT2D eigenvalue weighted by atomic mass is 19.2. The van der Waals surface area contributed by atoms with Gasteiger partial charge >= 0.3 is 5.97 Å². The first-order valence-electron chi connectivity index (χ1n) is 5.86. The van der Waals surface area contributed by atoms with Crippen molar-refractivity contribution >= 4 is 5.97 Å². The van der Waals surface area contributed by atoms with Crippen molar-refractivity contribution in [2.24, 2.45) is 0 Å². The first kappa shape index (κ1) is 16.8. The van der Waals surface area contributed by atoms with Crippen LogP contribution < -0.4 is 0 Å². The highest BCUT2D eigenvalue weighted by Gasteiger charge is 2.26. The van der Waals surface area contributed by atoms with Crippen molar-refractivity contribution in [3.63, 3.8) is 0 Å². The second kappa shape index (κ2) is 6.27. The van der Waals surface area contributed by atoms with Crippen LogP contribution in [0.25, 0.3) is 0 Å². The smallest absolute Gasteiger partial charge is 0.341 e. The van der Waals surface area contributed by atoms with Crippen molar-refractivity contribution in [3.05, 3.63) is 70.0 Å². The van der Waals surface area contributed by atoms with Gasteiger partial charge in [-0.25, -0.2) is 35.5 Å². The second-order valence-electron chi connectivity index (χ2n) is 4.25. The van der Waals surface area contributed by atoms with E-state index in [4.69, 9.17) is 0 Å². The van der Waals surface area contributed by atoms with Gasteiger partial charge in [-0.2, -0.15) is 0 Å². The molecular weight excluding hydrogens is 333 g/mol. The molecule has 0 aliphatic carbocycles. The highest BCUT2D eigenvalue weighted by molar-refractivity contribution is 5.89. The van der Waals surface area contributed by atoms with Gasteiger partial charge in [0, 0.05) is 0 Å². The van der Waals surface area contributed by atoms with Crippen LogP contribution in [-0.2, 0) is 11.3 Å². The molecule has 0 atom stereocenters. The van der Waals surface area contributed by atoms with Crippen molar-refractivity contribution in [3.8, 4) is 0 Å². The molecule has 2 aromatic rings. The van der Waals surface area contributed by atoms with Gasteiger partial charge in [-0.05, 0) is 18.2 Å². The van der Waals surface area contributed by atoms with E-state index in [0.29, 0.717) is 18.2 Å². The number of benzene rings is 2. The van der Waals surface area contributed by atoms with Crippen molar-refractivity contribution in [2.45, 2.75) is 6.61 Å². The Balaban J connectivity index is 2.28. The third-order valence-electron chi connectivity index (χ3n) is 2.80. The van der Waals surface area contributed by atoms with Gasteiger partial charge in [0.05, 0.1) is 11.1 Å². The fraction of sp³-hybridized carbons (Fsp3) is 0.0714. The normalized spacial score (nSPS) is 10.7. The molecule has 0 N–H and O–H groups in total. The molecule has 23 heavy (non-hydrogen) atoms. The zero-order valence-corrected chi connectivity index (χ0v) is 10.9. The van der Waals surface area contributed by atoms with Gasteiger partial charge in [-0.15, -0.1) is 0 Å². The molecule has 0 spiro atoms. The average Bonchev–Trinajstić information content (AvgIpc) is 2.53. The number of carbonyl (C=O) groups excluding carboxylic acids is 1. The predicted octanol–water partition coefficient (Wildman–Crippen LogP) is 4.02. The Bertz CT molecular complexity index is 760. The molecule has 0 unspecified atom stereocenters. The van der Waals surface area contributed by atoms with Crippen molar-refractivity contribution in [1.29, 1.82) is 0 Å². The number of esters is 1. The predicted molar refractivity (Wildman–Crippen MR) is 61.7 cm³/mol. The molecule has 9 heteroatoms. The summed E-state index contributed by atoms with van der Waals surface area (Å²) in [6, 6.07) is 1.76. The molecule has 122 valence electrons. The van der Waals surface area contributed by atoms with Crippen LogP contribution in [0, 0.1) is 40.7 Å². The van der Waals surface area contributed by atoms with E-state index in [1.54, 1.807) is 0 Å². The van der Waals surface area contributed by atoms with Crippen LogP contribution >= 0.6 is 0 Å². The maximum Gasteiger partial charge on any atom is 0.341 e. The summed E-state index contributed by atoms with van der Waals surface area (Å²) in [7, 11) is 0. The van der Waals surface area contributed by atoms with Gasteiger partial charge in [-0.3, -0.25) is 0 Å². The Hall–Kier alpha value is -2.58. The third kappa shape index (κ3) is 3.13. The molecular formula is C14H5F7O2.